The van der Waals surface area contributed by atoms with Crippen molar-refractivity contribution < 1.29 is 24.1 Å². The Morgan fingerprint density at radius 2 is 1.19 bits per heavy atom. The molecule has 0 fully saturated rings. The molecule has 110 valence electrons. The standard InChI is InChI=1S/C16H16O5/c1-19-13-5-10(4-12(8-13)16(17)18)11-6-14(20-2)9-15(7-11)21-3/h4-9H,1-3H3,(H,17,18). The highest BCUT2D eigenvalue weighted by molar-refractivity contribution is 5.90. The van der Waals surface area contributed by atoms with Crippen LogP contribution in [0.1, 0.15) is 10.4 Å². The third kappa shape index (κ3) is 3.25. The lowest BCUT2D eigenvalue weighted by atomic mass is 10.0. The highest BCUT2D eigenvalue weighted by Crippen LogP contribution is 2.32. The minimum absolute atomic E-state index is 0.158. The Morgan fingerprint density at radius 1 is 0.762 bits per heavy atom. The molecule has 0 aliphatic heterocycles. The van der Waals surface area contributed by atoms with E-state index >= 15 is 0 Å². The van der Waals surface area contributed by atoms with Gasteiger partial charge in [0.1, 0.15) is 17.2 Å². The Balaban J connectivity index is 2.59. The second-order valence-corrected chi connectivity index (χ2v) is 4.36. The van der Waals surface area contributed by atoms with Crippen molar-refractivity contribution in [1.29, 1.82) is 0 Å². The number of aromatic carboxylic acids is 1. The molecule has 2 aromatic rings. The van der Waals surface area contributed by atoms with Crippen LogP contribution in [-0.2, 0) is 0 Å². The van der Waals surface area contributed by atoms with E-state index in [4.69, 9.17) is 14.2 Å². The molecule has 5 heteroatoms. The average molecular weight is 288 g/mol. The largest absolute Gasteiger partial charge is 0.497 e. The van der Waals surface area contributed by atoms with E-state index in [1.54, 1.807) is 32.4 Å². The SMILES string of the molecule is COc1cc(OC)cc(-c2cc(OC)cc(C(=O)O)c2)c1. The Kier molecular flexibility index (Phi) is 4.33. The van der Waals surface area contributed by atoms with E-state index in [2.05, 4.69) is 0 Å². The Labute approximate surface area is 122 Å². The lowest BCUT2D eigenvalue weighted by Crippen LogP contribution is -1.98. The zero-order chi connectivity index (χ0) is 15.4. The number of hydrogen-bond acceptors (Lipinski definition) is 4. The molecule has 0 atom stereocenters. The predicted molar refractivity (Wildman–Crippen MR) is 78.5 cm³/mol. The summed E-state index contributed by atoms with van der Waals surface area (Å²) < 4.78 is 15.6. The molecule has 1 N–H and O–H groups in total. The number of hydrogen-bond donors (Lipinski definition) is 1. The van der Waals surface area contributed by atoms with Crippen LogP contribution in [0.5, 0.6) is 17.2 Å². The van der Waals surface area contributed by atoms with Gasteiger partial charge in [0.2, 0.25) is 0 Å². The van der Waals surface area contributed by atoms with Crippen molar-refractivity contribution in [3.63, 3.8) is 0 Å². The highest BCUT2D eigenvalue weighted by Gasteiger charge is 2.11. The van der Waals surface area contributed by atoms with Gasteiger partial charge in [-0.15, -0.1) is 0 Å². The van der Waals surface area contributed by atoms with Crippen LogP contribution in [0.15, 0.2) is 36.4 Å². The van der Waals surface area contributed by atoms with Gasteiger partial charge in [-0.1, -0.05) is 0 Å². The maximum Gasteiger partial charge on any atom is 0.335 e. The molecule has 0 aliphatic carbocycles. The van der Waals surface area contributed by atoms with Gasteiger partial charge in [-0.3, -0.25) is 0 Å². The smallest absolute Gasteiger partial charge is 0.335 e. The minimum Gasteiger partial charge on any atom is -0.497 e. The Hall–Kier alpha value is -2.69. The molecule has 2 aromatic carbocycles. The normalized spacial score (nSPS) is 10.0. The number of carbonyl (C=O) groups is 1. The van der Waals surface area contributed by atoms with Crippen LogP contribution in [0.2, 0.25) is 0 Å². The summed E-state index contributed by atoms with van der Waals surface area (Å²) in [5.74, 6) is 0.727. The number of rotatable bonds is 5. The molecular formula is C16H16O5. The quantitative estimate of drug-likeness (QED) is 0.916. The third-order valence-corrected chi connectivity index (χ3v) is 3.07. The fourth-order valence-corrected chi connectivity index (χ4v) is 1.98. The second-order valence-electron chi connectivity index (χ2n) is 4.36. The van der Waals surface area contributed by atoms with E-state index in [-0.39, 0.29) is 5.56 Å². The number of carboxylic acids is 1. The molecule has 0 radical (unpaired) electrons. The summed E-state index contributed by atoms with van der Waals surface area (Å²) in [6, 6.07) is 10.2. The molecule has 0 unspecified atom stereocenters. The van der Waals surface area contributed by atoms with Crippen LogP contribution in [0, 0.1) is 0 Å². The Morgan fingerprint density at radius 3 is 1.62 bits per heavy atom. The molecule has 0 heterocycles. The van der Waals surface area contributed by atoms with Gasteiger partial charge in [-0.05, 0) is 41.5 Å². The van der Waals surface area contributed by atoms with Crippen molar-refractivity contribution in [2.45, 2.75) is 0 Å². The molecule has 21 heavy (non-hydrogen) atoms. The Bertz CT molecular complexity index is 641. The fraction of sp³-hybridized carbons (Fsp3) is 0.188. The number of benzene rings is 2. The average Bonchev–Trinajstić information content (AvgIpc) is 2.53. The van der Waals surface area contributed by atoms with Crippen molar-refractivity contribution in [3.8, 4) is 28.4 Å². The van der Waals surface area contributed by atoms with Crippen LogP contribution in [-0.4, -0.2) is 32.4 Å². The summed E-state index contributed by atoms with van der Waals surface area (Å²) in [7, 11) is 4.62. The molecule has 0 amide bonds. The van der Waals surface area contributed by atoms with Crippen LogP contribution in [0.4, 0.5) is 0 Å². The molecule has 0 aromatic heterocycles. The van der Waals surface area contributed by atoms with Gasteiger partial charge in [0.25, 0.3) is 0 Å². The first kappa shape index (κ1) is 14.7. The van der Waals surface area contributed by atoms with E-state index in [0.717, 1.165) is 5.56 Å². The molecule has 5 nitrogen and oxygen atoms in total. The van der Waals surface area contributed by atoms with Crippen molar-refractivity contribution >= 4 is 5.97 Å². The lowest BCUT2D eigenvalue weighted by Gasteiger charge is -2.11. The van der Waals surface area contributed by atoms with Crippen molar-refractivity contribution in [1.82, 2.24) is 0 Å². The van der Waals surface area contributed by atoms with Crippen LogP contribution in [0.25, 0.3) is 11.1 Å². The highest BCUT2D eigenvalue weighted by atomic mass is 16.5. The topological polar surface area (TPSA) is 65.0 Å². The van der Waals surface area contributed by atoms with Crippen molar-refractivity contribution in [2.24, 2.45) is 0 Å². The monoisotopic (exact) mass is 288 g/mol. The maximum absolute atomic E-state index is 11.2. The number of ether oxygens (including phenoxy) is 3. The zero-order valence-corrected chi connectivity index (χ0v) is 12.0. The summed E-state index contributed by atoms with van der Waals surface area (Å²) in [4.78, 5) is 11.2. The first-order valence-corrected chi connectivity index (χ1v) is 6.23. The van der Waals surface area contributed by atoms with E-state index in [1.165, 1.54) is 13.2 Å². The van der Waals surface area contributed by atoms with Crippen LogP contribution in [0.3, 0.4) is 0 Å². The van der Waals surface area contributed by atoms with Crippen molar-refractivity contribution in [3.05, 3.63) is 42.0 Å². The summed E-state index contributed by atoms with van der Waals surface area (Å²) in [6.07, 6.45) is 0. The third-order valence-electron chi connectivity index (χ3n) is 3.07. The molecule has 0 spiro atoms. The van der Waals surface area contributed by atoms with Gasteiger partial charge < -0.3 is 19.3 Å². The van der Waals surface area contributed by atoms with Gasteiger partial charge in [0.05, 0.1) is 26.9 Å². The molecular weight excluding hydrogens is 272 g/mol. The predicted octanol–water partition coefficient (Wildman–Crippen LogP) is 3.08. The summed E-state index contributed by atoms with van der Waals surface area (Å²) >= 11 is 0. The first-order chi connectivity index (χ1) is 10.1. The van der Waals surface area contributed by atoms with Crippen LogP contribution >= 0.6 is 0 Å². The van der Waals surface area contributed by atoms with E-state index in [9.17, 15) is 9.90 Å². The molecule has 2 rings (SSSR count). The van der Waals surface area contributed by atoms with Crippen molar-refractivity contribution in [2.75, 3.05) is 21.3 Å². The molecule has 0 bridgehead atoms. The minimum atomic E-state index is -1.01. The maximum atomic E-state index is 11.2. The molecule has 0 saturated carbocycles. The fourth-order valence-electron chi connectivity index (χ4n) is 1.98. The summed E-state index contributed by atoms with van der Waals surface area (Å²) in [6.45, 7) is 0. The zero-order valence-electron chi connectivity index (χ0n) is 12.0. The first-order valence-electron chi connectivity index (χ1n) is 6.23. The van der Waals surface area contributed by atoms with Gasteiger partial charge >= 0.3 is 5.97 Å². The molecule has 0 aliphatic rings. The van der Waals surface area contributed by atoms with E-state index in [1.807, 2.05) is 12.1 Å². The van der Waals surface area contributed by atoms with E-state index in [0.29, 0.717) is 22.8 Å². The second kappa shape index (κ2) is 6.17. The van der Waals surface area contributed by atoms with E-state index < -0.39 is 5.97 Å². The van der Waals surface area contributed by atoms with Gasteiger partial charge in [-0.2, -0.15) is 0 Å². The molecule has 0 saturated heterocycles. The van der Waals surface area contributed by atoms with Gasteiger partial charge in [0, 0.05) is 6.07 Å². The number of carboxylic acid groups (broad SMARTS) is 1. The van der Waals surface area contributed by atoms with Gasteiger partial charge in [0.15, 0.2) is 0 Å². The van der Waals surface area contributed by atoms with Gasteiger partial charge in [-0.25, -0.2) is 4.79 Å². The van der Waals surface area contributed by atoms with Crippen LogP contribution < -0.4 is 14.2 Å². The lowest BCUT2D eigenvalue weighted by molar-refractivity contribution is 0.0696. The summed E-state index contributed by atoms with van der Waals surface area (Å²) in [5, 5.41) is 9.17. The summed E-state index contributed by atoms with van der Waals surface area (Å²) in [5.41, 5.74) is 1.66. The number of methoxy groups -OCH3 is 3.